The van der Waals surface area contributed by atoms with Crippen LogP contribution in [0.3, 0.4) is 0 Å². The van der Waals surface area contributed by atoms with E-state index in [1.54, 1.807) is 19.2 Å². The minimum Gasteiger partial charge on any atom is -0.478 e. The van der Waals surface area contributed by atoms with Gasteiger partial charge >= 0.3 is 5.97 Å². The van der Waals surface area contributed by atoms with E-state index < -0.39 is 5.97 Å². The molecule has 1 amide bonds. The standard InChI is InChI=1S/C18H21NO5S/c1-3-12(10-23-2)19-17(20)14-6-4-5-7-16(14)25-11-15-13(18(21)22)8-9-24-15/h4-9,12H,3,10-11H2,1-2H3,(H,19,20)(H,21,22). The molecule has 25 heavy (non-hydrogen) atoms. The van der Waals surface area contributed by atoms with Crippen LogP contribution in [0.15, 0.2) is 45.9 Å². The predicted molar refractivity (Wildman–Crippen MR) is 95.1 cm³/mol. The van der Waals surface area contributed by atoms with Crippen molar-refractivity contribution in [2.24, 2.45) is 0 Å². The molecule has 0 saturated heterocycles. The Bertz CT molecular complexity index is 728. The smallest absolute Gasteiger partial charge is 0.339 e. The first-order valence-corrected chi connectivity index (χ1v) is 8.86. The summed E-state index contributed by atoms with van der Waals surface area (Å²) in [6.45, 7) is 2.43. The second-order valence-electron chi connectivity index (χ2n) is 5.38. The molecule has 2 aromatic rings. The van der Waals surface area contributed by atoms with Crippen molar-refractivity contribution in [1.29, 1.82) is 0 Å². The van der Waals surface area contributed by atoms with Crippen molar-refractivity contribution in [3.8, 4) is 0 Å². The van der Waals surface area contributed by atoms with Gasteiger partial charge in [0, 0.05) is 12.0 Å². The Hall–Kier alpha value is -2.25. The van der Waals surface area contributed by atoms with Gasteiger partial charge in [-0.25, -0.2) is 4.79 Å². The number of furan rings is 1. The van der Waals surface area contributed by atoms with Crippen LogP contribution in [0.5, 0.6) is 0 Å². The highest BCUT2D eigenvalue weighted by Crippen LogP contribution is 2.28. The molecule has 0 aliphatic rings. The van der Waals surface area contributed by atoms with Gasteiger partial charge in [0.2, 0.25) is 0 Å². The Morgan fingerprint density at radius 1 is 1.28 bits per heavy atom. The number of methoxy groups -OCH3 is 1. The van der Waals surface area contributed by atoms with Crippen LogP contribution in [0.4, 0.5) is 0 Å². The zero-order valence-corrected chi connectivity index (χ0v) is 15.0. The Morgan fingerprint density at radius 2 is 2.04 bits per heavy atom. The molecule has 0 aliphatic heterocycles. The maximum absolute atomic E-state index is 12.5. The molecule has 1 heterocycles. The Kier molecular flexibility index (Phi) is 7.09. The fourth-order valence-electron chi connectivity index (χ4n) is 2.29. The van der Waals surface area contributed by atoms with Gasteiger partial charge in [-0.15, -0.1) is 11.8 Å². The summed E-state index contributed by atoms with van der Waals surface area (Å²) in [5.41, 5.74) is 0.686. The van der Waals surface area contributed by atoms with E-state index in [1.807, 2.05) is 19.1 Å². The molecule has 1 aromatic heterocycles. The van der Waals surface area contributed by atoms with Crippen molar-refractivity contribution in [3.05, 3.63) is 53.5 Å². The molecule has 0 fully saturated rings. The second kappa shape index (κ2) is 9.29. The van der Waals surface area contributed by atoms with E-state index in [0.29, 0.717) is 23.7 Å². The van der Waals surface area contributed by atoms with Crippen LogP contribution in [0.25, 0.3) is 0 Å². The first-order valence-electron chi connectivity index (χ1n) is 7.88. The number of hydrogen-bond donors (Lipinski definition) is 2. The highest BCUT2D eigenvalue weighted by Gasteiger charge is 2.17. The molecule has 134 valence electrons. The summed E-state index contributed by atoms with van der Waals surface area (Å²) in [4.78, 5) is 24.5. The number of benzene rings is 1. The van der Waals surface area contributed by atoms with Crippen LogP contribution < -0.4 is 5.32 Å². The number of aromatic carboxylic acids is 1. The third-order valence-electron chi connectivity index (χ3n) is 3.66. The van der Waals surface area contributed by atoms with Gasteiger partial charge in [-0.05, 0) is 24.6 Å². The average molecular weight is 363 g/mol. The number of carbonyl (C=O) groups is 2. The Labute approximate surface area is 150 Å². The zero-order chi connectivity index (χ0) is 18.2. The average Bonchev–Trinajstić information content (AvgIpc) is 3.08. The zero-order valence-electron chi connectivity index (χ0n) is 14.2. The fourth-order valence-corrected chi connectivity index (χ4v) is 3.29. The molecule has 2 N–H and O–H groups in total. The highest BCUT2D eigenvalue weighted by molar-refractivity contribution is 7.98. The summed E-state index contributed by atoms with van der Waals surface area (Å²) >= 11 is 1.36. The molecular weight excluding hydrogens is 342 g/mol. The molecule has 0 spiro atoms. The SMILES string of the molecule is CCC(COC)NC(=O)c1ccccc1SCc1occc1C(=O)O. The maximum Gasteiger partial charge on any atom is 0.339 e. The quantitative estimate of drug-likeness (QED) is 0.664. The van der Waals surface area contributed by atoms with Crippen molar-refractivity contribution < 1.29 is 23.8 Å². The molecule has 6 nitrogen and oxygen atoms in total. The van der Waals surface area contributed by atoms with E-state index >= 15 is 0 Å². The molecule has 7 heteroatoms. The number of carboxylic acids is 1. The topological polar surface area (TPSA) is 88.8 Å². The summed E-state index contributed by atoms with van der Waals surface area (Å²) in [6, 6.07) is 8.59. The second-order valence-corrected chi connectivity index (χ2v) is 6.40. The van der Waals surface area contributed by atoms with Crippen molar-refractivity contribution >= 4 is 23.6 Å². The predicted octanol–water partition coefficient (Wildman–Crippen LogP) is 3.42. The Morgan fingerprint density at radius 3 is 2.72 bits per heavy atom. The van der Waals surface area contributed by atoms with Crippen LogP contribution >= 0.6 is 11.8 Å². The van der Waals surface area contributed by atoms with Gasteiger partial charge in [-0.3, -0.25) is 4.79 Å². The number of carboxylic acid groups (broad SMARTS) is 1. The minimum atomic E-state index is -1.03. The molecule has 0 saturated carbocycles. The van der Waals surface area contributed by atoms with Gasteiger partial charge in [0.1, 0.15) is 11.3 Å². The molecule has 0 bridgehead atoms. The van der Waals surface area contributed by atoms with Gasteiger partial charge in [-0.2, -0.15) is 0 Å². The normalized spacial score (nSPS) is 11.9. The summed E-state index contributed by atoms with van der Waals surface area (Å²) in [5.74, 6) is -0.502. The maximum atomic E-state index is 12.5. The van der Waals surface area contributed by atoms with E-state index in [-0.39, 0.29) is 17.5 Å². The molecule has 1 unspecified atom stereocenters. The molecule has 2 rings (SSSR count). The lowest BCUT2D eigenvalue weighted by Gasteiger charge is -2.17. The first-order chi connectivity index (χ1) is 12.1. The number of amides is 1. The van der Waals surface area contributed by atoms with Crippen LogP contribution in [0.1, 0.15) is 39.8 Å². The largest absolute Gasteiger partial charge is 0.478 e. The van der Waals surface area contributed by atoms with Gasteiger partial charge in [0.05, 0.1) is 30.2 Å². The number of nitrogens with one attached hydrogen (secondary N) is 1. The third kappa shape index (κ3) is 5.11. The van der Waals surface area contributed by atoms with Crippen molar-refractivity contribution in [2.45, 2.75) is 30.0 Å². The van der Waals surface area contributed by atoms with Crippen LogP contribution in [0.2, 0.25) is 0 Å². The minimum absolute atomic E-state index is 0.0563. The lowest BCUT2D eigenvalue weighted by molar-refractivity contribution is 0.0694. The van der Waals surface area contributed by atoms with Gasteiger partial charge < -0.3 is 19.6 Å². The van der Waals surface area contributed by atoms with Gasteiger partial charge in [0.15, 0.2) is 0 Å². The van der Waals surface area contributed by atoms with E-state index in [4.69, 9.17) is 14.3 Å². The lowest BCUT2D eigenvalue weighted by atomic mass is 10.2. The van der Waals surface area contributed by atoms with Crippen LogP contribution in [0, 0.1) is 0 Å². The van der Waals surface area contributed by atoms with E-state index in [0.717, 1.165) is 11.3 Å². The molecule has 0 aliphatic carbocycles. The fraction of sp³-hybridized carbons (Fsp3) is 0.333. The molecular formula is C18H21NO5S. The van der Waals surface area contributed by atoms with Crippen molar-refractivity contribution in [1.82, 2.24) is 5.32 Å². The molecule has 1 atom stereocenters. The summed E-state index contributed by atoms with van der Waals surface area (Å²) in [7, 11) is 1.60. The van der Waals surface area contributed by atoms with Crippen LogP contribution in [-0.4, -0.2) is 36.7 Å². The number of thioether (sulfide) groups is 1. The summed E-state index contributed by atoms with van der Waals surface area (Å²) in [6.07, 6.45) is 2.12. The third-order valence-corrected chi connectivity index (χ3v) is 4.74. The molecule has 0 radical (unpaired) electrons. The van der Waals surface area contributed by atoms with Crippen molar-refractivity contribution in [3.63, 3.8) is 0 Å². The number of rotatable bonds is 9. The number of carbonyl (C=O) groups excluding carboxylic acids is 1. The number of ether oxygens (including phenoxy) is 1. The monoisotopic (exact) mass is 363 g/mol. The van der Waals surface area contributed by atoms with E-state index in [9.17, 15) is 9.59 Å². The lowest BCUT2D eigenvalue weighted by Crippen LogP contribution is -2.37. The Balaban J connectivity index is 2.10. The van der Waals surface area contributed by atoms with Crippen molar-refractivity contribution in [2.75, 3.05) is 13.7 Å². The first kappa shape index (κ1) is 19.1. The highest BCUT2D eigenvalue weighted by atomic mass is 32.2. The summed E-state index contributed by atoms with van der Waals surface area (Å²) < 4.78 is 10.3. The molecule has 1 aromatic carbocycles. The van der Waals surface area contributed by atoms with E-state index in [1.165, 1.54) is 24.1 Å². The van der Waals surface area contributed by atoms with Gasteiger partial charge in [-0.1, -0.05) is 19.1 Å². The summed E-state index contributed by atoms with van der Waals surface area (Å²) in [5, 5.41) is 12.1. The number of hydrogen-bond acceptors (Lipinski definition) is 5. The van der Waals surface area contributed by atoms with Crippen LogP contribution in [-0.2, 0) is 10.5 Å². The van der Waals surface area contributed by atoms with E-state index in [2.05, 4.69) is 5.32 Å². The van der Waals surface area contributed by atoms with Gasteiger partial charge in [0.25, 0.3) is 5.91 Å².